The maximum absolute atomic E-state index is 14.0. The monoisotopic (exact) mass is 678 g/mol. The molecule has 1 N–H and O–H groups in total. The van der Waals surface area contributed by atoms with Crippen LogP contribution in [0.5, 0.6) is 0 Å². The van der Waals surface area contributed by atoms with Gasteiger partial charge < -0.3 is 14.8 Å². The molecule has 3 aromatic rings. The number of rotatable bonds is 18. The number of aromatic nitrogens is 2. The molecule has 1 atom stereocenters. The Morgan fingerprint density at radius 3 is 2.21 bits per heavy atom. The van der Waals surface area contributed by atoms with E-state index >= 15 is 0 Å². The molecule has 1 saturated heterocycles. The van der Waals surface area contributed by atoms with Crippen molar-refractivity contribution in [3.63, 3.8) is 0 Å². The number of amides is 3. The smallest absolute Gasteiger partial charge is 0.418 e. The number of benzene rings is 2. The zero-order chi connectivity index (χ0) is 34.7. The van der Waals surface area contributed by atoms with Crippen LogP contribution in [0.2, 0.25) is 5.02 Å². The zero-order valence-corrected chi connectivity index (χ0v) is 28.5. The molecule has 3 amide bonds. The van der Waals surface area contributed by atoms with E-state index in [0.29, 0.717) is 10.6 Å². The minimum atomic E-state index is -1.98. The summed E-state index contributed by atoms with van der Waals surface area (Å²) in [4.78, 5) is 71.5. The molecule has 11 nitrogen and oxygen atoms in total. The van der Waals surface area contributed by atoms with Crippen LogP contribution in [0.4, 0.5) is 10.5 Å². The number of ketones is 1. The number of esters is 1. The SMILES string of the molecule is CCCCCCCCCCCCOC(=O)c1ccc(Cl)c(NC(=O)C(C(=O)c2cncn2-c2ccccc2)N2C(=O)OC(C)(C)C2=O)c1. The molecule has 12 heteroatoms. The van der Waals surface area contributed by atoms with Crippen LogP contribution in [0.1, 0.15) is 106 Å². The maximum atomic E-state index is 14.0. The summed E-state index contributed by atoms with van der Waals surface area (Å²) >= 11 is 6.38. The van der Waals surface area contributed by atoms with E-state index in [1.54, 1.807) is 30.3 Å². The van der Waals surface area contributed by atoms with Gasteiger partial charge in [-0.1, -0.05) is 94.5 Å². The van der Waals surface area contributed by atoms with Crippen molar-refractivity contribution in [3.05, 3.63) is 77.3 Å². The molecule has 1 unspecified atom stereocenters. The van der Waals surface area contributed by atoms with Gasteiger partial charge in [-0.05, 0) is 50.6 Å². The first-order chi connectivity index (χ1) is 23.0. The Morgan fingerprint density at radius 1 is 0.938 bits per heavy atom. The van der Waals surface area contributed by atoms with Gasteiger partial charge in [0.05, 0.1) is 35.4 Å². The summed E-state index contributed by atoms with van der Waals surface area (Å²) in [6.07, 6.45) is 13.0. The first kappa shape index (κ1) is 36.3. The normalized spacial score (nSPS) is 14.5. The summed E-state index contributed by atoms with van der Waals surface area (Å²) in [6, 6.07) is 11.0. The first-order valence-electron chi connectivity index (χ1n) is 16.5. The van der Waals surface area contributed by atoms with Crippen molar-refractivity contribution >= 4 is 46.9 Å². The Kier molecular flexibility index (Phi) is 12.9. The number of anilines is 1. The fraction of sp³-hybridized carbons (Fsp3) is 0.444. The summed E-state index contributed by atoms with van der Waals surface area (Å²) < 4.78 is 12.1. The van der Waals surface area contributed by atoms with Gasteiger partial charge in [0.2, 0.25) is 5.78 Å². The number of cyclic esters (lactones) is 1. The van der Waals surface area contributed by atoms with E-state index in [0.717, 1.165) is 25.7 Å². The molecule has 1 aromatic heterocycles. The van der Waals surface area contributed by atoms with Crippen molar-refractivity contribution in [2.45, 2.75) is 96.6 Å². The molecule has 48 heavy (non-hydrogen) atoms. The van der Waals surface area contributed by atoms with E-state index < -0.39 is 41.3 Å². The standard InChI is InChI=1S/C36H43ClN4O7/c1-4-5-6-7-8-9-10-11-12-16-21-47-33(44)25-19-20-27(37)28(22-25)39-32(43)30(41-34(45)36(2,3)48-35(41)46)31(42)29-23-38-24-40(29)26-17-14-13-15-18-26/h13-15,17-20,22-24,30H,4-12,16,21H2,1-3H3,(H,39,43). The second kappa shape index (κ2) is 17.1. The van der Waals surface area contributed by atoms with Crippen LogP contribution < -0.4 is 5.32 Å². The maximum Gasteiger partial charge on any atom is 0.418 e. The lowest BCUT2D eigenvalue weighted by molar-refractivity contribution is -0.137. The third-order valence-corrected chi connectivity index (χ3v) is 8.47. The van der Waals surface area contributed by atoms with Crippen LogP contribution in [-0.4, -0.2) is 62.4 Å². The van der Waals surface area contributed by atoms with Crippen molar-refractivity contribution in [2.75, 3.05) is 11.9 Å². The summed E-state index contributed by atoms with van der Waals surface area (Å²) in [7, 11) is 0. The molecule has 4 rings (SSSR count). The van der Waals surface area contributed by atoms with Crippen molar-refractivity contribution in [2.24, 2.45) is 0 Å². The lowest BCUT2D eigenvalue weighted by Crippen LogP contribution is -2.53. The van der Waals surface area contributed by atoms with Crippen LogP contribution >= 0.6 is 11.6 Å². The second-order valence-corrected chi connectivity index (χ2v) is 12.7. The summed E-state index contributed by atoms with van der Waals surface area (Å²) in [5, 5.41) is 2.59. The molecule has 1 aliphatic rings. The number of hydrogen-bond donors (Lipinski definition) is 1. The number of imide groups is 1. The van der Waals surface area contributed by atoms with E-state index in [2.05, 4.69) is 17.2 Å². The number of ether oxygens (including phenoxy) is 2. The number of unbranched alkanes of at least 4 members (excludes halogenated alkanes) is 9. The molecule has 0 radical (unpaired) electrons. The van der Waals surface area contributed by atoms with Gasteiger partial charge in [-0.2, -0.15) is 0 Å². The second-order valence-electron chi connectivity index (χ2n) is 12.3. The average molecular weight is 679 g/mol. The third kappa shape index (κ3) is 9.09. The van der Waals surface area contributed by atoms with E-state index in [-0.39, 0.29) is 28.6 Å². The molecule has 0 aliphatic carbocycles. The number of imidazole rings is 1. The molecular weight excluding hydrogens is 636 g/mol. The lowest BCUT2D eigenvalue weighted by atomic mass is 10.0. The Bertz CT molecular complexity index is 1600. The molecule has 0 spiro atoms. The predicted octanol–water partition coefficient (Wildman–Crippen LogP) is 7.55. The number of hydrogen-bond acceptors (Lipinski definition) is 8. The molecule has 2 heterocycles. The van der Waals surface area contributed by atoms with Gasteiger partial charge >= 0.3 is 12.1 Å². The third-order valence-electron chi connectivity index (χ3n) is 8.14. The zero-order valence-electron chi connectivity index (χ0n) is 27.7. The summed E-state index contributed by atoms with van der Waals surface area (Å²) in [5.41, 5.74) is -0.971. The van der Waals surface area contributed by atoms with Crippen LogP contribution in [0.25, 0.3) is 5.69 Å². The quantitative estimate of drug-likeness (QED) is 0.0630. The van der Waals surface area contributed by atoms with E-state index in [4.69, 9.17) is 21.1 Å². The number of halogens is 1. The molecular formula is C36H43ClN4O7. The Morgan fingerprint density at radius 2 is 1.58 bits per heavy atom. The van der Waals surface area contributed by atoms with Gasteiger partial charge in [0, 0.05) is 5.69 Å². The fourth-order valence-corrected chi connectivity index (χ4v) is 5.62. The van der Waals surface area contributed by atoms with Crippen molar-refractivity contribution < 1.29 is 33.4 Å². The number of nitrogens with zero attached hydrogens (tertiary/aromatic N) is 3. The van der Waals surface area contributed by atoms with E-state index in [1.807, 2.05) is 0 Å². The van der Waals surface area contributed by atoms with Crippen molar-refractivity contribution in [1.82, 2.24) is 14.5 Å². The van der Waals surface area contributed by atoms with Gasteiger partial charge in [-0.3, -0.25) is 19.0 Å². The molecule has 1 fully saturated rings. The number of Topliss-reactive ketones (excluding diaryl/α,β-unsaturated/α-hetero) is 1. The van der Waals surface area contributed by atoms with E-state index in [9.17, 15) is 24.0 Å². The Balaban J connectivity index is 1.44. The number of para-hydroxylation sites is 1. The summed E-state index contributed by atoms with van der Waals surface area (Å²) in [5.74, 6) is -3.40. The molecule has 1 aliphatic heterocycles. The number of carbonyl (C=O) groups is 5. The largest absolute Gasteiger partial charge is 0.462 e. The van der Waals surface area contributed by atoms with Crippen LogP contribution in [-0.2, 0) is 19.1 Å². The topological polar surface area (TPSA) is 137 Å². The highest BCUT2D eigenvalue weighted by atomic mass is 35.5. The van der Waals surface area contributed by atoms with Gasteiger partial charge in [-0.25, -0.2) is 19.5 Å². The first-order valence-corrected chi connectivity index (χ1v) is 16.9. The molecule has 0 saturated carbocycles. The highest BCUT2D eigenvalue weighted by molar-refractivity contribution is 6.34. The Hall–Kier alpha value is -4.51. The minimum Gasteiger partial charge on any atom is -0.462 e. The highest BCUT2D eigenvalue weighted by Crippen LogP contribution is 2.29. The summed E-state index contributed by atoms with van der Waals surface area (Å²) in [6.45, 7) is 5.19. The Labute approximate surface area is 285 Å². The van der Waals surface area contributed by atoms with Gasteiger partial charge in [0.1, 0.15) is 5.69 Å². The lowest BCUT2D eigenvalue weighted by Gasteiger charge is -2.23. The number of carbonyl (C=O) groups excluding carboxylic acids is 5. The van der Waals surface area contributed by atoms with Crippen LogP contribution in [0, 0.1) is 0 Å². The highest BCUT2D eigenvalue weighted by Gasteiger charge is 2.54. The number of nitrogens with one attached hydrogen (secondary N) is 1. The van der Waals surface area contributed by atoms with E-state index in [1.165, 1.54) is 87.7 Å². The molecule has 2 aromatic carbocycles. The molecule has 0 bridgehead atoms. The molecule has 256 valence electrons. The van der Waals surface area contributed by atoms with Gasteiger partial charge in [0.15, 0.2) is 11.6 Å². The van der Waals surface area contributed by atoms with Gasteiger partial charge in [0.25, 0.3) is 11.8 Å². The predicted molar refractivity (Wildman–Crippen MR) is 181 cm³/mol. The van der Waals surface area contributed by atoms with Crippen molar-refractivity contribution in [3.8, 4) is 5.69 Å². The average Bonchev–Trinajstić information content (AvgIpc) is 3.63. The fourth-order valence-electron chi connectivity index (χ4n) is 5.46. The van der Waals surface area contributed by atoms with Crippen LogP contribution in [0.15, 0.2) is 61.1 Å². The van der Waals surface area contributed by atoms with Crippen LogP contribution in [0.3, 0.4) is 0 Å². The van der Waals surface area contributed by atoms with Gasteiger partial charge in [-0.15, -0.1) is 0 Å². The van der Waals surface area contributed by atoms with Crippen molar-refractivity contribution in [1.29, 1.82) is 0 Å². The minimum absolute atomic E-state index is 0.0105.